The summed E-state index contributed by atoms with van der Waals surface area (Å²) in [5.41, 5.74) is 3.41. The van der Waals surface area contributed by atoms with Gasteiger partial charge in [-0.15, -0.1) is 0 Å². The smallest absolute Gasteiger partial charge is 0.338 e. The molecule has 0 aliphatic carbocycles. The number of aliphatic carboxylic acids is 2. The summed E-state index contributed by atoms with van der Waals surface area (Å²) in [7, 11) is 0. The highest BCUT2D eigenvalue weighted by molar-refractivity contribution is 6.18. The van der Waals surface area contributed by atoms with Crippen molar-refractivity contribution in [2.24, 2.45) is 0 Å². The number of imidazole rings is 1. The molecule has 0 amide bonds. The van der Waals surface area contributed by atoms with E-state index in [1.807, 2.05) is 10.6 Å². The Bertz CT molecular complexity index is 1250. The van der Waals surface area contributed by atoms with Gasteiger partial charge in [0.2, 0.25) is 0 Å². The van der Waals surface area contributed by atoms with Crippen molar-refractivity contribution >= 4 is 17.5 Å². The fraction of sp³-hybridized carbons (Fsp3) is 0.296. The second-order valence-electron chi connectivity index (χ2n) is 9.10. The Labute approximate surface area is 198 Å². The zero-order valence-electron chi connectivity index (χ0n) is 18.9. The molecule has 34 heavy (non-hydrogen) atoms. The van der Waals surface area contributed by atoms with Crippen LogP contribution in [0.3, 0.4) is 0 Å². The van der Waals surface area contributed by atoms with E-state index in [4.69, 9.17) is 4.98 Å². The van der Waals surface area contributed by atoms with Crippen LogP contribution >= 0.6 is 0 Å². The van der Waals surface area contributed by atoms with Gasteiger partial charge in [-0.1, -0.05) is 54.6 Å². The summed E-state index contributed by atoms with van der Waals surface area (Å²) in [5, 5.41) is 18.8. The zero-order valence-corrected chi connectivity index (χ0v) is 18.9. The van der Waals surface area contributed by atoms with Gasteiger partial charge in [-0.2, -0.15) is 0 Å². The second-order valence-corrected chi connectivity index (χ2v) is 9.10. The van der Waals surface area contributed by atoms with E-state index >= 15 is 0 Å². The number of aryl methyl sites for hydroxylation is 2. The molecule has 1 saturated heterocycles. The van der Waals surface area contributed by atoms with Gasteiger partial charge in [-0.05, 0) is 49.0 Å². The lowest BCUT2D eigenvalue weighted by atomic mass is 9.70. The van der Waals surface area contributed by atoms with Crippen LogP contribution in [0.2, 0.25) is 0 Å². The number of carboxylic acids is 2. The van der Waals surface area contributed by atoms with Gasteiger partial charge in [0.05, 0.1) is 16.7 Å². The van der Waals surface area contributed by atoms with Crippen LogP contribution in [0.1, 0.15) is 41.1 Å². The minimum atomic E-state index is -1.30. The van der Waals surface area contributed by atoms with Crippen LogP contribution in [-0.4, -0.2) is 49.7 Å². The molecule has 0 atom stereocenters. The van der Waals surface area contributed by atoms with Crippen LogP contribution < -0.4 is 0 Å². The molecule has 174 valence electrons. The first kappa shape index (κ1) is 22.1. The maximum absolute atomic E-state index is 11.8. The molecule has 0 saturated carbocycles. The molecule has 3 heterocycles. The second kappa shape index (κ2) is 8.91. The summed E-state index contributed by atoms with van der Waals surface area (Å²) in [6, 6.07) is 18.9. The van der Waals surface area contributed by atoms with E-state index < -0.39 is 11.9 Å². The van der Waals surface area contributed by atoms with Crippen LogP contribution in [0.4, 0.5) is 0 Å². The minimum Gasteiger partial charge on any atom is -0.478 e. The molecule has 2 aromatic carbocycles. The normalized spacial score (nSPS) is 17.6. The quantitative estimate of drug-likeness (QED) is 0.569. The van der Waals surface area contributed by atoms with Gasteiger partial charge in [0.15, 0.2) is 0 Å². The van der Waals surface area contributed by atoms with Crippen LogP contribution in [0.5, 0.6) is 0 Å². The molecule has 2 N–H and O–H groups in total. The lowest BCUT2D eigenvalue weighted by Crippen LogP contribution is -2.44. The lowest BCUT2D eigenvalue weighted by molar-refractivity contribution is -0.133. The first-order chi connectivity index (χ1) is 16.5. The standard InChI is InChI=1S/C27H27N3O4/c31-24(32)16-21(25(33)34)23-18-30-13-10-20-8-4-5-9-22(20)27(26(30)28-23)11-14-29(15-12-27)17-19-6-2-1-3-7-19/h1-9,16,18H,10-15,17H2,(H,31,32)(H,33,34)/b21-16-. The monoisotopic (exact) mass is 457 g/mol. The van der Waals surface area contributed by atoms with Gasteiger partial charge in [-0.25, -0.2) is 14.6 Å². The van der Waals surface area contributed by atoms with Crippen LogP contribution in [0, 0.1) is 0 Å². The van der Waals surface area contributed by atoms with Crippen LogP contribution in [0.15, 0.2) is 66.9 Å². The van der Waals surface area contributed by atoms with Gasteiger partial charge in [0, 0.05) is 25.4 Å². The Hall–Kier alpha value is -3.71. The van der Waals surface area contributed by atoms with Crippen molar-refractivity contribution < 1.29 is 19.8 Å². The number of aromatic nitrogens is 2. The van der Waals surface area contributed by atoms with Crippen molar-refractivity contribution in [3.8, 4) is 0 Å². The topological polar surface area (TPSA) is 95.7 Å². The van der Waals surface area contributed by atoms with Crippen molar-refractivity contribution in [2.45, 2.75) is 37.8 Å². The fourth-order valence-corrected chi connectivity index (χ4v) is 5.46. The van der Waals surface area contributed by atoms with Crippen LogP contribution in [0.25, 0.3) is 5.57 Å². The third-order valence-corrected chi connectivity index (χ3v) is 7.09. The van der Waals surface area contributed by atoms with Crippen molar-refractivity contribution in [3.63, 3.8) is 0 Å². The molecule has 2 aliphatic rings. The third kappa shape index (κ3) is 4.03. The lowest BCUT2D eigenvalue weighted by Gasteiger charge is -2.42. The molecular weight excluding hydrogens is 430 g/mol. The van der Waals surface area contributed by atoms with E-state index in [1.165, 1.54) is 16.7 Å². The molecule has 0 unspecified atom stereocenters. The highest BCUT2D eigenvalue weighted by atomic mass is 16.4. The van der Waals surface area contributed by atoms with Gasteiger partial charge in [-0.3, -0.25) is 4.90 Å². The van der Waals surface area contributed by atoms with Crippen LogP contribution in [-0.2, 0) is 34.5 Å². The molecule has 3 aromatic rings. The van der Waals surface area contributed by atoms with E-state index in [0.717, 1.165) is 50.8 Å². The first-order valence-electron chi connectivity index (χ1n) is 11.6. The maximum atomic E-state index is 11.8. The number of piperidine rings is 1. The molecular formula is C27H27N3O4. The fourth-order valence-electron chi connectivity index (χ4n) is 5.46. The van der Waals surface area contributed by atoms with E-state index in [1.54, 1.807) is 6.20 Å². The number of hydrogen-bond donors (Lipinski definition) is 2. The average molecular weight is 458 g/mol. The van der Waals surface area contributed by atoms with Crippen molar-refractivity contribution in [1.29, 1.82) is 0 Å². The number of benzene rings is 2. The molecule has 0 radical (unpaired) electrons. The molecule has 1 fully saturated rings. The summed E-state index contributed by atoms with van der Waals surface area (Å²) in [6.07, 6.45) is 4.98. The number of likely N-dealkylation sites (tertiary alicyclic amines) is 1. The van der Waals surface area contributed by atoms with Gasteiger partial charge in [0.25, 0.3) is 0 Å². The zero-order chi connectivity index (χ0) is 23.7. The molecule has 1 spiro atoms. The summed E-state index contributed by atoms with van der Waals surface area (Å²) in [6.45, 7) is 3.35. The summed E-state index contributed by atoms with van der Waals surface area (Å²) < 4.78 is 2.04. The SMILES string of the molecule is O=C(O)/C=C(\C(=O)O)c1cn2c(n1)C1(CCN(Cc3ccccc3)CC1)c1ccccc1CC2. The van der Waals surface area contributed by atoms with Crippen molar-refractivity contribution in [3.05, 3.63) is 95.1 Å². The van der Waals surface area contributed by atoms with Gasteiger partial charge >= 0.3 is 11.9 Å². The highest BCUT2D eigenvalue weighted by Crippen LogP contribution is 2.45. The predicted molar refractivity (Wildman–Crippen MR) is 127 cm³/mol. The van der Waals surface area contributed by atoms with E-state index in [2.05, 4.69) is 53.4 Å². The largest absolute Gasteiger partial charge is 0.478 e. The average Bonchev–Trinajstić information content (AvgIpc) is 3.22. The Balaban J connectivity index is 1.54. The minimum absolute atomic E-state index is 0.204. The van der Waals surface area contributed by atoms with Crippen molar-refractivity contribution in [2.75, 3.05) is 13.1 Å². The molecule has 0 bridgehead atoms. The third-order valence-electron chi connectivity index (χ3n) is 7.09. The van der Waals surface area contributed by atoms with E-state index in [9.17, 15) is 19.8 Å². The highest BCUT2D eigenvalue weighted by Gasteiger charge is 2.44. The molecule has 1 aromatic heterocycles. The summed E-state index contributed by atoms with van der Waals surface area (Å²) in [5.74, 6) is -1.75. The molecule has 7 heteroatoms. The van der Waals surface area contributed by atoms with Crippen molar-refractivity contribution in [1.82, 2.24) is 14.5 Å². The Morgan fingerprint density at radius 2 is 1.68 bits per heavy atom. The number of carboxylic acid groups (broad SMARTS) is 2. The maximum Gasteiger partial charge on any atom is 0.338 e. The first-order valence-corrected chi connectivity index (χ1v) is 11.6. The number of fused-ring (bicyclic) bond motifs is 4. The molecule has 7 nitrogen and oxygen atoms in total. The number of nitrogens with zero attached hydrogens (tertiary/aromatic N) is 3. The Morgan fingerprint density at radius 1 is 0.971 bits per heavy atom. The summed E-state index contributed by atoms with van der Waals surface area (Å²) >= 11 is 0. The number of hydrogen-bond acceptors (Lipinski definition) is 4. The van der Waals surface area contributed by atoms with Gasteiger partial charge in [0.1, 0.15) is 5.82 Å². The molecule has 2 aliphatic heterocycles. The number of carbonyl (C=O) groups is 2. The Morgan fingerprint density at radius 3 is 2.38 bits per heavy atom. The predicted octanol–water partition coefficient (Wildman–Crippen LogP) is 3.57. The summed E-state index contributed by atoms with van der Waals surface area (Å²) in [4.78, 5) is 30.3. The molecule has 5 rings (SSSR count). The van der Waals surface area contributed by atoms with E-state index in [0.29, 0.717) is 6.54 Å². The van der Waals surface area contributed by atoms with Gasteiger partial charge < -0.3 is 14.8 Å². The number of rotatable bonds is 5. The van der Waals surface area contributed by atoms with E-state index in [-0.39, 0.29) is 16.7 Å². The Kier molecular flexibility index (Phi) is 5.79.